The van der Waals surface area contributed by atoms with Crippen LogP contribution in [0.25, 0.3) is 11.1 Å². The highest BCUT2D eigenvalue weighted by molar-refractivity contribution is 5.73. The summed E-state index contributed by atoms with van der Waals surface area (Å²) in [4.78, 5) is 0. The second-order valence-corrected chi connectivity index (χ2v) is 4.40. The molecule has 0 aliphatic rings. The highest BCUT2D eigenvalue weighted by Gasteiger charge is 2.10. The zero-order valence-corrected chi connectivity index (χ0v) is 10.6. The van der Waals surface area contributed by atoms with E-state index in [4.69, 9.17) is 0 Å². The summed E-state index contributed by atoms with van der Waals surface area (Å²) in [5.74, 6) is 0.388. The number of phenols is 1. The molecule has 0 amide bonds. The fourth-order valence-electron chi connectivity index (χ4n) is 2.33. The predicted octanol–water partition coefficient (Wildman–Crippen LogP) is 4.24. The van der Waals surface area contributed by atoms with Gasteiger partial charge in [0.25, 0.3) is 0 Å². The number of phenolic OH excluding ortho intramolecular Hbond substituents is 1. The van der Waals surface area contributed by atoms with Crippen LogP contribution in [0, 0.1) is 13.8 Å². The molecule has 0 spiro atoms. The number of benzene rings is 2. The van der Waals surface area contributed by atoms with Crippen LogP contribution >= 0.6 is 0 Å². The zero-order chi connectivity index (χ0) is 12.4. The van der Waals surface area contributed by atoms with Gasteiger partial charge in [0.05, 0.1) is 0 Å². The molecule has 0 saturated heterocycles. The van der Waals surface area contributed by atoms with Crippen molar-refractivity contribution in [3.8, 4) is 16.9 Å². The summed E-state index contributed by atoms with van der Waals surface area (Å²) < 4.78 is 0. The van der Waals surface area contributed by atoms with Gasteiger partial charge >= 0.3 is 0 Å². The molecule has 2 aromatic carbocycles. The molecule has 0 atom stereocenters. The molecule has 2 rings (SSSR count). The molecule has 0 fully saturated rings. The number of aromatic hydroxyl groups is 1. The quantitative estimate of drug-likeness (QED) is 0.812. The molecule has 0 bridgehead atoms. The lowest BCUT2D eigenvalue weighted by Crippen LogP contribution is -1.94. The summed E-state index contributed by atoms with van der Waals surface area (Å²) in [6.07, 6.45) is 0.934. The minimum Gasteiger partial charge on any atom is -0.508 e. The van der Waals surface area contributed by atoms with Crippen LogP contribution < -0.4 is 0 Å². The number of rotatable bonds is 2. The van der Waals surface area contributed by atoms with Gasteiger partial charge < -0.3 is 5.11 Å². The normalized spacial score (nSPS) is 10.5. The Balaban J connectivity index is 2.68. The van der Waals surface area contributed by atoms with E-state index in [9.17, 15) is 5.11 Å². The van der Waals surface area contributed by atoms with E-state index in [-0.39, 0.29) is 0 Å². The maximum Gasteiger partial charge on any atom is 0.118 e. The van der Waals surface area contributed by atoms with Crippen molar-refractivity contribution in [3.63, 3.8) is 0 Å². The smallest absolute Gasteiger partial charge is 0.118 e. The molecule has 0 heterocycles. The van der Waals surface area contributed by atoms with Crippen LogP contribution in [0.1, 0.15) is 23.6 Å². The molecule has 88 valence electrons. The molecule has 0 aliphatic carbocycles. The highest BCUT2D eigenvalue weighted by Crippen LogP contribution is 2.32. The van der Waals surface area contributed by atoms with Crippen LogP contribution in [0.2, 0.25) is 0 Å². The zero-order valence-electron chi connectivity index (χ0n) is 10.6. The molecule has 17 heavy (non-hydrogen) atoms. The molecular formula is C16H18O. The van der Waals surface area contributed by atoms with Crippen LogP contribution in [-0.4, -0.2) is 5.11 Å². The lowest BCUT2D eigenvalue weighted by Gasteiger charge is -2.14. The predicted molar refractivity (Wildman–Crippen MR) is 72.4 cm³/mol. The summed E-state index contributed by atoms with van der Waals surface area (Å²) in [6.45, 7) is 6.23. The summed E-state index contributed by atoms with van der Waals surface area (Å²) >= 11 is 0. The summed E-state index contributed by atoms with van der Waals surface area (Å²) in [5, 5.41) is 9.77. The largest absolute Gasteiger partial charge is 0.508 e. The minimum atomic E-state index is 0.388. The van der Waals surface area contributed by atoms with Crippen molar-refractivity contribution in [1.29, 1.82) is 0 Å². The molecule has 0 aromatic heterocycles. The van der Waals surface area contributed by atoms with Gasteiger partial charge in [-0.05, 0) is 54.2 Å². The van der Waals surface area contributed by atoms with Gasteiger partial charge in [0.1, 0.15) is 5.75 Å². The Kier molecular flexibility index (Phi) is 3.19. The Morgan fingerprint density at radius 2 is 1.65 bits per heavy atom. The third-order valence-corrected chi connectivity index (χ3v) is 3.36. The summed E-state index contributed by atoms with van der Waals surface area (Å²) in [5.41, 5.74) is 5.99. The maximum atomic E-state index is 9.77. The summed E-state index contributed by atoms with van der Waals surface area (Å²) in [6, 6.07) is 12.2. The van der Waals surface area contributed by atoms with Gasteiger partial charge in [-0.15, -0.1) is 0 Å². The summed E-state index contributed by atoms with van der Waals surface area (Å²) in [7, 11) is 0. The molecule has 2 aromatic rings. The average molecular weight is 226 g/mol. The van der Waals surface area contributed by atoms with Crippen molar-refractivity contribution >= 4 is 0 Å². The van der Waals surface area contributed by atoms with Crippen LogP contribution in [0.15, 0.2) is 36.4 Å². The molecule has 1 heteroatoms. The van der Waals surface area contributed by atoms with Crippen molar-refractivity contribution in [2.24, 2.45) is 0 Å². The first-order valence-electron chi connectivity index (χ1n) is 6.02. The first kappa shape index (κ1) is 11.7. The standard InChI is InChI=1S/C16H18O/c1-4-13-12(3)16(17)10-9-15(13)14-8-6-5-7-11(14)2/h5-10,17H,4H2,1-3H3. The Morgan fingerprint density at radius 3 is 2.29 bits per heavy atom. The number of aryl methyl sites for hydroxylation is 1. The van der Waals surface area contributed by atoms with Gasteiger partial charge in [0.2, 0.25) is 0 Å². The monoisotopic (exact) mass is 226 g/mol. The fraction of sp³-hybridized carbons (Fsp3) is 0.250. The maximum absolute atomic E-state index is 9.77. The Hall–Kier alpha value is -1.76. The Bertz CT molecular complexity index is 541. The van der Waals surface area contributed by atoms with Gasteiger partial charge in [-0.2, -0.15) is 0 Å². The van der Waals surface area contributed by atoms with Crippen molar-refractivity contribution in [1.82, 2.24) is 0 Å². The lowest BCUT2D eigenvalue weighted by molar-refractivity contribution is 0.470. The molecule has 0 saturated carbocycles. The van der Waals surface area contributed by atoms with Crippen molar-refractivity contribution in [2.45, 2.75) is 27.2 Å². The van der Waals surface area contributed by atoms with Crippen LogP contribution in [0.3, 0.4) is 0 Å². The molecule has 0 aliphatic heterocycles. The third-order valence-electron chi connectivity index (χ3n) is 3.36. The van der Waals surface area contributed by atoms with Gasteiger partial charge in [-0.1, -0.05) is 37.3 Å². The van der Waals surface area contributed by atoms with Gasteiger partial charge in [-0.3, -0.25) is 0 Å². The second-order valence-electron chi connectivity index (χ2n) is 4.40. The molecule has 1 N–H and O–H groups in total. The number of hydrogen-bond acceptors (Lipinski definition) is 1. The van der Waals surface area contributed by atoms with Gasteiger partial charge in [0.15, 0.2) is 0 Å². The van der Waals surface area contributed by atoms with Crippen molar-refractivity contribution in [2.75, 3.05) is 0 Å². The van der Waals surface area contributed by atoms with Crippen molar-refractivity contribution < 1.29 is 5.11 Å². The van der Waals surface area contributed by atoms with Crippen LogP contribution in [-0.2, 0) is 6.42 Å². The van der Waals surface area contributed by atoms with E-state index in [2.05, 4.69) is 38.1 Å². The van der Waals surface area contributed by atoms with E-state index in [1.807, 2.05) is 13.0 Å². The van der Waals surface area contributed by atoms with E-state index in [1.165, 1.54) is 22.3 Å². The van der Waals surface area contributed by atoms with E-state index in [1.54, 1.807) is 6.07 Å². The van der Waals surface area contributed by atoms with E-state index >= 15 is 0 Å². The van der Waals surface area contributed by atoms with Crippen LogP contribution in [0.5, 0.6) is 5.75 Å². The Labute approximate surface area is 103 Å². The van der Waals surface area contributed by atoms with E-state index in [0.29, 0.717) is 5.75 Å². The van der Waals surface area contributed by atoms with E-state index in [0.717, 1.165) is 12.0 Å². The van der Waals surface area contributed by atoms with Crippen molar-refractivity contribution in [3.05, 3.63) is 53.1 Å². The first-order chi connectivity index (χ1) is 8.15. The van der Waals surface area contributed by atoms with Gasteiger partial charge in [-0.25, -0.2) is 0 Å². The molecular weight excluding hydrogens is 208 g/mol. The molecule has 0 unspecified atom stereocenters. The minimum absolute atomic E-state index is 0.388. The third kappa shape index (κ3) is 2.05. The topological polar surface area (TPSA) is 20.2 Å². The highest BCUT2D eigenvalue weighted by atomic mass is 16.3. The second kappa shape index (κ2) is 4.62. The molecule has 0 radical (unpaired) electrons. The average Bonchev–Trinajstić information content (AvgIpc) is 2.33. The van der Waals surface area contributed by atoms with Crippen LogP contribution in [0.4, 0.5) is 0 Å². The molecule has 1 nitrogen and oxygen atoms in total. The van der Waals surface area contributed by atoms with Gasteiger partial charge in [0, 0.05) is 0 Å². The fourth-order valence-corrected chi connectivity index (χ4v) is 2.33. The Morgan fingerprint density at radius 1 is 0.941 bits per heavy atom. The SMILES string of the molecule is CCc1c(-c2ccccc2C)ccc(O)c1C. The first-order valence-corrected chi connectivity index (χ1v) is 6.02. The lowest BCUT2D eigenvalue weighted by atomic mass is 9.91. The van der Waals surface area contributed by atoms with E-state index < -0.39 is 0 Å². The number of hydrogen-bond donors (Lipinski definition) is 1.